The Morgan fingerprint density at radius 3 is 1.85 bits per heavy atom. The molecule has 0 aliphatic rings. The highest BCUT2D eigenvalue weighted by Crippen LogP contribution is 2.42. The lowest BCUT2D eigenvalue weighted by Crippen LogP contribution is -2.01. The van der Waals surface area contributed by atoms with Crippen molar-refractivity contribution in [2.24, 2.45) is 0 Å². The first-order valence-corrected chi connectivity index (χ1v) is 18.2. The number of thiazole rings is 1. The summed E-state index contributed by atoms with van der Waals surface area (Å²) in [5, 5.41) is 5.06. The van der Waals surface area contributed by atoms with Gasteiger partial charge in [-0.2, -0.15) is 0 Å². The Morgan fingerprint density at radius 2 is 1.00 bits per heavy atom. The Balaban J connectivity index is 1.08. The SMILES string of the molecule is c1ccc(-c2nc(-c3ccccc3-c3ccc4c(c3)oc3ccc5sc(-c6ccccc6)nc5c34)nc(-c3cccc4oc5ccccc5c34)n2)cc1. The molecule has 0 N–H and O–H groups in total. The van der Waals surface area contributed by atoms with Gasteiger partial charge < -0.3 is 8.83 Å². The molecule has 0 bridgehead atoms. The molecule has 53 heavy (non-hydrogen) atoms. The predicted octanol–water partition coefficient (Wildman–Crippen LogP) is 12.6. The minimum atomic E-state index is 0.579. The normalized spacial score (nSPS) is 11.8. The zero-order chi connectivity index (χ0) is 34.9. The van der Waals surface area contributed by atoms with Crippen LogP contribution in [0.1, 0.15) is 0 Å². The second-order valence-electron chi connectivity index (χ2n) is 13.0. The van der Waals surface area contributed by atoms with Gasteiger partial charge in [0.15, 0.2) is 17.5 Å². The van der Waals surface area contributed by atoms with Crippen molar-refractivity contribution in [1.82, 2.24) is 19.9 Å². The van der Waals surface area contributed by atoms with Crippen molar-refractivity contribution in [2.75, 3.05) is 0 Å². The molecule has 0 spiro atoms. The third-order valence-electron chi connectivity index (χ3n) is 9.80. The molecule has 0 radical (unpaired) electrons. The molecule has 7 heteroatoms. The number of para-hydroxylation sites is 1. The number of benzene rings is 7. The summed E-state index contributed by atoms with van der Waals surface area (Å²) in [6.07, 6.45) is 0. The van der Waals surface area contributed by atoms with E-state index in [-0.39, 0.29) is 0 Å². The predicted molar refractivity (Wildman–Crippen MR) is 215 cm³/mol. The van der Waals surface area contributed by atoms with Crippen LogP contribution in [0.4, 0.5) is 0 Å². The fraction of sp³-hybridized carbons (Fsp3) is 0. The van der Waals surface area contributed by atoms with E-state index in [0.717, 1.165) is 92.5 Å². The third kappa shape index (κ3) is 4.86. The summed E-state index contributed by atoms with van der Waals surface area (Å²) < 4.78 is 13.9. The minimum Gasteiger partial charge on any atom is -0.456 e. The van der Waals surface area contributed by atoms with Crippen LogP contribution in [-0.2, 0) is 0 Å². The second kappa shape index (κ2) is 11.8. The lowest BCUT2D eigenvalue weighted by atomic mass is 9.97. The quantitative estimate of drug-likeness (QED) is 0.178. The Morgan fingerprint density at radius 1 is 0.377 bits per heavy atom. The average molecular weight is 699 g/mol. The zero-order valence-electron chi connectivity index (χ0n) is 28.0. The molecule has 0 amide bonds. The molecule has 0 fully saturated rings. The highest BCUT2D eigenvalue weighted by atomic mass is 32.1. The van der Waals surface area contributed by atoms with Crippen LogP contribution in [0.15, 0.2) is 167 Å². The van der Waals surface area contributed by atoms with Crippen molar-refractivity contribution in [3.8, 4) is 55.9 Å². The molecular weight excluding hydrogens is 673 g/mol. The summed E-state index contributed by atoms with van der Waals surface area (Å²) in [6.45, 7) is 0. The molecule has 0 aliphatic carbocycles. The first-order chi connectivity index (χ1) is 26.2. The number of aromatic nitrogens is 4. The van der Waals surface area contributed by atoms with Crippen LogP contribution in [-0.4, -0.2) is 19.9 Å². The molecule has 11 aromatic rings. The summed E-state index contributed by atoms with van der Waals surface area (Å²) in [7, 11) is 0. The van der Waals surface area contributed by atoms with Gasteiger partial charge in [-0.25, -0.2) is 19.9 Å². The minimum absolute atomic E-state index is 0.579. The average Bonchev–Trinajstić information content (AvgIpc) is 3.94. The summed E-state index contributed by atoms with van der Waals surface area (Å²) in [5.41, 5.74) is 9.98. The largest absolute Gasteiger partial charge is 0.456 e. The van der Waals surface area contributed by atoms with Crippen LogP contribution in [0.5, 0.6) is 0 Å². The van der Waals surface area contributed by atoms with Gasteiger partial charge in [0.1, 0.15) is 27.3 Å². The van der Waals surface area contributed by atoms with E-state index in [1.54, 1.807) is 11.3 Å². The van der Waals surface area contributed by atoms with Crippen molar-refractivity contribution >= 4 is 65.4 Å². The Hall–Kier alpha value is -6.96. The maximum Gasteiger partial charge on any atom is 0.164 e. The maximum absolute atomic E-state index is 6.52. The molecule has 7 aromatic carbocycles. The van der Waals surface area contributed by atoms with Crippen molar-refractivity contribution in [3.63, 3.8) is 0 Å². The topological polar surface area (TPSA) is 77.8 Å². The lowest BCUT2D eigenvalue weighted by molar-refractivity contribution is 0.668. The molecule has 6 nitrogen and oxygen atoms in total. The van der Waals surface area contributed by atoms with E-state index in [0.29, 0.717) is 17.5 Å². The Labute approximate surface area is 306 Å². The highest BCUT2D eigenvalue weighted by Gasteiger charge is 2.20. The number of hydrogen-bond donors (Lipinski definition) is 0. The summed E-state index contributed by atoms with van der Waals surface area (Å²) >= 11 is 1.70. The fourth-order valence-electron chi connectivity index (χ4n) is 7.35. The molecule has 4 aromatic heterocycles. The van der Waals surface area contributed by atoms with Crippen molar-refractivity contribution in [3.05, 3.63) is 158 Å². The number of furan rings is 2. The third-order valence-corrected chi connectivity index (χ3v) is 10.9. The molecule has 248 valence electrons. The molecule has 0 saturated carbocycles. The van der Waals surface area contributed by atoms with Crippen LogP contribution >= 0.6 is 11.3 Å². The molecular formula is C46H26N4O2S. The van der Waals surface area contributed by atoms with Gasteiger partial charge in [-0.05, 0) is 47.5 Å². The van der Waals surface area contributed by atoms with E-state index in [9.17, 15) is 0 Å². The van der Waals surface area contributed by atoms with Crippen molar-refractivity contribution < 1.29 is 8.83 Å². The lowest BCUT2D eigenvalue weighted by Gasteiger charge is -2.12. The van der Waals surface area contributed by atoms with Crippen molar-refractivity contribution in [1.29, 1.82) is 0 Å². The summed E-state index contributed by atoms with van der Waals surface area (Å²) in [4.78, 5) is 20.4. The van der Waals surface area contributed by atoms with E-state index >= 15 is 0 Å². The molecule has 0 aliphatic heterocycles. The number of rotatable bonds is 5. The first kappa shape index (κ1) is 29.7. The number of hydrogen-bond acceptors (Lipinski definition) is 7. The molecule has 4 heterocycles. The molecule has 0 saturated heterocycles. The van der Waals surface area contributed by atoms with Gasteiger partial charge in [0, 0.05) is 38.4 Å². The van der Waals surface area contributed by atoms with Crippen LogP contribution in [0.25, 0.3) is 110 Å². The van der Waals surface area contributed by atoms with E-state index in [1.165, 1.54) is 0 Å². The van der Waals surface area contributed by atoms with E-state index in [4.69, 9.17) is 28.8 Å². The van der Waals surface area contributed by atoms with E-state index in [1.807, 2.05) is 91.0 Å². The van der Waals surface area contributed by atoms with Gasteiger partial charge in [-0.15, -0.1) is 11.3 Å². The Bertz CT molecular complexity index is 3180. The van der Waals surface area contributed by atoms with Crippen LogP contribution in [0.3, 0.4) is 0 Å². The molecule has 0 unspecified atom stereocenters. The van der Waals surface area contributed by atoms with Crippen LogP contribution in [0, 0.1) is 0 Å². The van der Waals surface area contributed by atoms with Crippen molar-refractivity contribution in [2.45, 2.75) is 0 Å². The van der Waals surface area contributed by atoms with Gasteiger partial charge >= 0.3 is 0 Å². The number of nitrogens with zero attached hydrogens (tertiary/aromatic N) is 4. The standard InChI is InChI=1S/C46H26N4O2S/c1-3-12-27(13-4-1)43-48-44(50-45(49-43)34-19-11-21-36-40(34)32-18-9-10-20-35(32)51-36)31-17-8-7-16-30(31)29-22-23-33-38(26-29)52-37-24-25-39-42(41(33)37)47-46(53-39)28-14-5-2-6-15-28/h1-26H. The summed E-state index contributed by atoms with van der Waals surface area (Å²) in [6, 6.07) is 53.3. The zero-order valence-corrected chi connectivity index (χ0v) is 28.8. The highest BCUT2D eigenvalue weighted by molar-refractivity contribution is 7.21. The van der Waals surface area contributed by atoms with Gasteiger partial charge in [0.05, 0.1) is 15.6 Å². The smallest absolute Gasteiger partial charge is 0.164 e. The fourth-order valence-corrected chi connectivity index (χ4v) is 8.33. The molecule has 0 atom stereocenters. The van der Waals surface area contributed by atoms with Gasteiger partial charge in [-0.3, -0.25) is 0 Å². The van der Waals surface area contributed by atoms with E-state index in [2.05, 4.69) is 66.7 Å². The monoisotopic (exact) mass is 698 g/mol. The van der Waals surface area contributed by atoms with E-state index < -0.39 is 0 Å². The number of fused-ring (bicyclic) bond motifs is 8. The summed E-state index contributed by atoms with van der Waals surface area (Å²) in [5.74, 6) is 1.76. The maximum atomic E-state index is 6.52. The van der Waals surface area contributed by atoms with Crippen LogP contribution in [0.2, 0.25) is 0 Å². The van der Waals surface area contributed by atoms with Gasteiger partial charge in [0.25, 0.3) is 0 Å². The van der Waals surface area contributed by atoms with Gasteiger partial charge in [0.2, 0.25) is 0 Å². The Kier molecular flexibility index (Phi) is 6.62. The second-order valence-corrected chi connectivity index (χ2v) is 14.0. The first-order valence-electron chi connectivity index (χ1n) is 17.4. The van der Waals surface area contributed by atoms with Crippen LogP contribution < -0.4 is 0 Å². The van der Waals surface area contributed by atoms with Gasteiger partial charge in [-0.1, -0.05) is 121 Å². The molecule has 11 rings (SSSR count).